The minimum Gasteiger partial charge on any atom is -0.508 e. The molecular weight excluding hydrogens is 308 g/mol. The van der Waals surface area contributed by atoms with E-state index in [0.717, 1.165) is 12.0 Å². The quantitative estimate of drug-likeness (QED) is 0.787. The van der Waals surface area contributed by atoms with E-state index in [9.17, 15) is 9.90 Å². The molecule has 6 heteroatoms. The van der Waals surface area contributed by atoms with E-state index in [-0.39, 0.29) is 40.8 Å². The number of hydrogen-bond acceptors (Lipinski definition) is 4. The Morgan fingerprint density at radius 2 is 2.14 bits per heavy atom. The summed E-state index contributed by atoms with van der Waals surface area (Å²) in [6.45, 7) is 4.22. The number of primary amides is 1. The van der Waals surface area contributed by atoms with E-state index in [1.165, 1.54) is 5.56 Å². The predicted octanol–water partition coefficient (Wildman–Crippen LogP) is 1.95. The topological polar surface area (TPSA) is 89.3 Å². The molecule has 1 aromatic carbocycles. The van der Waals surface area contributed by atoms with Crippen molar-refractivity contribution >= 4 is 30.1 Å². The van der Waals surface area contributed by atoms with Crippen LogP contribution in [-0.2, 0) is 16.6 Å². The minimum absolute atomic E-state index is 0. The standard InChI is InChI=1S/C15H22N2O2S.ClH/c1-15(2)11-8-10(18)4-3-9(11)7-12(14(15)17)20-6-5-13(16)19;/h3-4,8,12,14,18H,5-7,17H2,1-2H3,(H2,16,19);1H. The number of fused-ring (bicyclic) bond motifs is 1. The zero-order valence-electron chi connectivity index (χ0n) is 12.3. The molecule has 1 aliphatic carbocycles. The third-order valence-corrected chi connectivity index (χ3v) is 5.45. The zero-order valence-corrected chi connectivity index (χ0v) is 14.0. The lowest BCUT2D eigenvalue weighted by Gasteiger charge is -2.43. The predicted molar refractivity (Wildman–Crippen MR) is 90.1 cm³/mol. The third kappa shape index (κ3) is 3.84. The second-order valence-electron chi connectivity index (χ2n) is 5.92. The lowest BCUT2D eigenvalue weighted by Crippen LogP contribution is -2.52. The third-order valence-electron chi connectivity index (χ3n) is 4.12. The Hall–Kier alpha value is -0.910. The lowest BCUT2D eigenvalue weighted by molar-refractivity contribution is -0.117. The number of nitrogens with two attached hydrogens (primary N) is 2. The number of phenolic OH excluding ortho intramolecular Hbond substituents is 1. The molecule has 0 aliphatic heterocycles. The van der Waals surface area contributed by atoms with Gasteiger partial charge in [0.25, 0.3) is 0 Å². The molecule has 0 heterocycles. The molecule has 118 valence electrons. The van der Waals surface area contributed by atoms with Crippen molar-refractivity contribution in [3.05, 3.63) is 29.3 Å². The Balaban J connectivity index is 0.00000220. The van der Waals surface area contributed by atoms with Gasteiger partial charge in [-0.15, -0.1) is 12.4 Å². The smallest absolute Gasteiger partial charge is 0.218 e. The lowest BCUT2D eigenvalue weighted by atomic mass is 9.69. The fourth-order valence-corrected chi connectivity index (χ4v) is 4.27. The van der Waals surface area contributed by atoms with Crippen molar-refractivity contribution in [3.63, 3.8) is 0 Å². The maximum Gasteiger partial charge on any atom is 0.218 e. The van der Waals surface area contributed by atoms with E-state index in [2.05, 4.69) is 13.8 Å². The van der Waals surface area contributed by atoms with Crippen LogP contribution in [0.4, 0.5) is 0 Å². The van der Waals surface area contributed by atoms with Crippen molar-refractivity contribution in [2.75, 3.05) is 5.75 Å². The molecule has 2 rings (SSSR count). The fraction of sp³-hybridized carbons (Fsp3) is 0.533. The summed E-state index contributed by atoms with van der Waals surface area (Å²) in [5, 5.41) is 9.94. The second kappa shape index (κ2) is 6.90. The Kier molecular flexibility index (Phi) is 5.96. The number of aromatic hydroxyl groups is 1. The molecule has 0 radical (unpaired) electrons. The van der Waals surface area contributed by atoms with Crippen molar-refractivity contribution in [2.45, 2.75) is 43.4 Å². The van der Waals surface area contributed by atoms with Gasteiger partial charge in [-0.2, -0.15) is 11.8 Å². The summed E-state index contributed by atoms with van der Waals surface area (Å²) < 4.78 is 0. The highest BCUT2D eigenvalue weighted by Gasteiger charge is 2.40. The molecule has 4 nitrogen and oxygen atoms in total. The average molecular weight is 331 g/mol. The van der Waals surface area contributed by atoms with Gasteiger partial charge in [-0.3, -0.25) is 4.79 Å². The molecule has 0 saturated carbocycles. The van der Waals surface area contributed by atoms with Crippen molar-refractivity contribution < 1.29 is 9.90 Å². The summed E-state index contributed by atoms with van der Waals surface area (Å²) in [6.07, 6.45) is 1.25. The van der Waals surface area contributed by atoms with Gasteiger partial charge in [-0.05, 0) is 29.7 Å². The molecule has 1 aromatic rings. The number of thioether (sulfide) groups is 1. The van der Waals surface area contributed by atoms with Gasteiger partial charge in [0.1, 0.15) is 5.75 Å². The largest absolute Gasteiger partial charge is 0.508 e. The van der Waals surface area contributed by atoms with Crippen molar-refractivity contribution in [1.29, 1.82) is 0 Å². The number of amides is 1. The second-order valence-corrected chi connectivity index (χ2v) is 7.27. The number of carbonyl (C=O) groups is 1. The number of halogens is 1. The number of phenols is 1. The number of benzene rings is 1. The van der Waals surface area contributed by atoms with E-state index in [1.54, 1.807) is 17.8 Å². The maximum absolute atomic E-state index is 10.8. The van der Waals surface area contributed by atoms with Crippen LogP contribution in [0.1, 0.15) is 31.4 Å². The van der Waals surface area contributed by atoms with Gasteiger partial charge < -0.3 is 16.6 Å². The molecule has 0 spiro atoms. The maximum atomic E-state index is 10.8. The van der Waals surface area contributed by atoms with Gasteiger partial charge in [0.15, 0.2) is 0 Å². The first-order valence-corrected chi connectivity index (χ1v) is 7.85. The van der Waals surface area contributed by atoms with Gasteiger partial charge in [-0.25, -0.2) is 0 Å². The van der Waals surface area contributed by atoms with Gasteiger partial charge in [-0.1, -0.05) is 19.9 Å². The van der Waals surface area contributed by atoms with E-state index in [0.29, 0.717) is 12.2 Å². The summed E-state index contributed by atoms with van der Waals surface area (Å²) in [5.74, 6) is 0.715. The van der Waals surface area contributed by atoms with Crippen LogP contribution in [0.5, 0.6) is 5.75 Å². The number of hydrogen-bond donors (Lipinski definition) is 3. The van der Waals surface area contributed by atoms with Crippen molar-refractivity contribution in [3.8, 4) is 5.75 Å². The molecule has 5 N–H and O–H groups in total. The van der Waals surface area contributed by atoms with Crippen LogP contribution in [0.2, 0.25) is 0 Å². The first-order valence-electron chi connectivity index (χ1n) is 6.80. The molecule has 2 unspecified atom stereocenters. The summed E-state index contributed by atoms with van der Waals surface area (Å²) in [6, 6.07) is 5.49. The number of carbonyl (C=O) groups excluding carboxylic acids is 1. The van der Waals surface area contributed by atoms with Gasteiger partial charge >= 0.3 is 0 Å². The molecule has 0 bridgehead atoms. The fourth-order valence-electron chi connectivity index (χ4n) is 2.80. The van der Waals surface area contributed by atoms with E-state index >= 15 is 0 Å². The minimum atomic E-state index is -0.272. The van der Waals surface area contributed by atoms with Crippen molar-refractivity contribution in [1.82, 2.24) is 0 Å². The molecule has 0 fully saturated rings. The van der Waals surface area contributed by atoms with Crippen LogP contribution in [0.3, 0.4) is 0 Å². The molecule has 1 aliphatic rings. The van der Waals surface area contributed by atoms with Gasteiger partial charge in [0, 0.05) is 28.9 Å². The Morgan fingerprint density at radius 1 is 1.48 bits per heavy atom. The molecule has 21 heavy (non-hydrogen) atoms. The van der Waals surface area contributed by atoms with Crippen LogP contribution in [0, 0.1) is 0 Å². The highest BCUT2D eigenvalue weighted by atomic mass is 35.5. The normalized spacial score (nSPS) is 23.0. The Labute approximate surface area is 136 Å². The molecular formula is C15H23ClN2O2S. The van der Waals surface area contributed by atoms with E-state index < -0.39 is 0 Å². The SMILES string of the molecule is CC1(C)c2cc(O)ccc2CC(SCCC(N)=O)C1N.Cl. The van der Waals surface area contributed by atoms with Crippen LogP contribution in [0.15, 0.2) is 18.2 Å². The first-order chi connectivity index (χ1) is 9.32. The highest BCUT2D eigenvalue weighted by molar-refractivity contribution is 8.00. The summed E-state index contributed by atoms with van der Waals surface area (Å²) >= 11 is 1.72. The van der Waals surface area contributed by atoms with Crippen molar-refractivity contribution in [2.24, 2.45) is 11.5 Å². The highest BCUT2D eigenvalue weighted by Crippen LogP contribution is 2.41. The Bertz CT molecular complexity index is 522. The van der Waals surface area contributed by atoms with Gasteiger partial charge in [0.05, 0.1) is 0 Å². The van der Waals surface area contributed by atoms with Gasteiger partial charge in [0.2, 0.25) is 5.91 Å². The van der Waals surface area contributed by atoms with E-state index in [1.807, 2.05) is 12.1 Å². The van der Waals surface area contributed by atoms with Crippen LogP contribution in [0.25, 0.3) is 0 Å². The Morgan fingerprint density at radius 3 is 2.76 bits per heavy atom. The monoisotopic (exact) mass is 330 g/mol. The summed E-state index contributed by atoms with van der Waals surface area (Å²) in [5.41, 5.74) is 13.7. The van der Waals surface area contributed by atoms with E-state index in [4.69, 9.17) is 11.5 Å². The molecule has 0 aromatic heterocycles. The summed E-state index contributed by atoms with van der Waals surface area (Å²) in [4.78, 5) is 10.8. The van der Waals surface area contributed by atoms with Crippen LogP contribution < -0.4 is 11.5 Å². The summed E-state index contributed by atoms with van der Waals surface area (Å²) in [7, 11) is 0. The first kappa shape index (κ1) is 18.1. The molecule has 2 atom stereocenters. The molecule has 1 amide bonds. The van der Waals surface area contributed by atoms with Crippen LogP contribution in [-0.4, -0.2) is 28.1 Å². The zero-order chi connectivity index (χ0) is 14.9. The molecule has 0 saturated heterocycles. The number of rotatable bonds is 4. The average Bonchev–Trinajstić information content (AvgIpc) is 2.36. The van der Waals surface area contributed by atoms with Crippen LogP contribution >= 0.6 is 24.2 Å².